The lowest BCUT2D eigenvalue weighted by molar-refractivity contribution is 0.415. The molecular formula is C19H24IN3O. The molecule has 1 aliphatic rings. The van der Waals surface area contributed by atoms with Crippen molar-refractivity contribution in [2.24, 2.45) is 10.7 Å². The van der Waals surface area contributed by atoms with Crippen molar-refractivity contribution >= 4 is 35.6 Å². The molecular weight excluding hydrogens is 413 g/mol. The number of hydrogen-bond donors (Lipinski definition) is 2. The van der Waals surface area contributed by atoms with Gasteiger partial charge in [-0.25, -0.2) is 0 Å². The fourth-order valence-corrected chi connectivity index (χ4v) is 2.96. The van der Waals surface area contributed by atoms with Crippen molar-refractivity contribution in [2.45, 2.75) is 25.2 Å². The summed E-state index contributed by atoms with van der Waals surface area (Å²) >= 11 is 0. The molecule has 24 heavy (non-hydrogen) atoms. The Kier molecular flexibility index (Phi) is 6.10. The van der Waals surface area contributed by atoms with Crippen LogP contribution in [-0.4, -0.2) is 19.6 Å². The van der Waals surface area contributed by atoms with Crippen LogP contribution in [0.2, 0.25) is 0 Å². The van der Waals surface area contributed by atoms with Crippen molar-refractivity contribution < 1.29 is 4.74 Å². The maximum atomic E-state index is 6.05. The number of methoxy groups -OCH3 is 1. The highest BCUT2D eigenvalue weighted by Crippen LogP contribution is 2.49. The van der Waals surface area contributed by atoms with Gasteiger partial charge < -0.3 is 15.8 Å². The summed E-state index contributed by atoms with van der Waals surface area (Å²) in [6.45, 7) is 2.89. The van der Waals surface area contributed by atoms with Crippen LogP contribution in [-0.2, 0) is 5.41 Å². The van der Waals surface area contributed by atoms with Crippen LogP contribution in [0.15, 0.2) is 53.5 Å². The van der Waals surface area contributed by atoms with Gasteiger partial charge in [0.25, 0.3) is 0 Å². The van der Waals surface area contributed by atoms with Crippen LogP contribution in [0.5, 0.6) is 5.75 Å². The molecule has 0 bridgehead atoms. The van der Waals surface area contributed by atoms with E-state index < -0.39 is 0 Å². The first-order valence-electron chi connectivity index (χ1n) is 7.90. The molecule has 0 aliphatic heterocycles. The van der Waals surface area contributed by atoms with E-state index in [1.165, 1.54) is 24.0 Å². The van der Waals surface area contributed by atoms with E-state index in [2.05, 4.69) is 41.5 Å². The number of nitrogens with zero attached hydrogens (tertiary/aromatic N) is 1. The number of hydrogen-bond acceptors (Lipinski definition) is 2. The van der Waals surface area contributed by atoms with E-state index in [0.717, 1.165) is 18.0 Å². The first-order chi connectivity index (χ1) is 11.1. The zero-order chi connectivity index (χ0) is 16.3. The lowest BCUT2D eigenvalue weighted by Gasteiger charge is -2.16. The second-order valence-electron chi connectivity index (χ2n) is 6.15. The summed E-state index contributed by atoms with van der Waals surface area (Å²) in [6.07, 6.45) is 2.35. The van der Waals surface area contributed by atoms with Gasteiger partial charge >= 0.3 is 0 Å². The molecule has 3 N–H and O–H groups in total. The summed E-state index contributed by atoms with van der Waals surface area (Å²) in [5.41, 5.74) is 9.83. The number of nitrogens with one attached hydrogen (secondary N) is 1. The normalized spacial score (nSPS) is 15.3. The minimum atomic E-state index is 0. The highest BCUT2D eigenvalue weighted by atomic mass is 127. The van der Waals surface area contributed by atoms with Crippen molar-refractivity contribution in [2.75, 3.05) is 19.0 Å². The number of aliphatic imine (C=N–C) groups is 1. The van der Waals surface area contributed by atoms with Gasteiger partial charge in [-0.3, -0.25) is 4.99 Å². The maximum Gasteiger partial charge on any atom is 0.193 e. The smallest absolute Gasteiger partial charge is 0.193 e. The summed E-state index contributed by atoms with van der Waals surface area (Å²) in [5, 5.41) is 3.13. The Morgan fingerprint density at radius 3 is 2.62 bits per heavy atom. The van der Waals surface area contributed by atoms with Crippen LogP contribution in [0.25, 0.3) is 0 Å². The Morgan fingerprint density at radius 2 is 1.96 bits per heavy atom. The highest BCUT2D eigenvalue weighted by Gasteiger charge is 2.44. The van der Waals surface area contributed by atoms with Crippen LogP contribution in [0.4, 0.5) is 5.69 Å². The van der Waals surface area contributed by atoms with Gasteiger partial charge in [0.05, 0.1) is 13.7 Å². The Bertz CT molecular complexity index is 726. The maximum absolute atomic E-state index is 6.05. The molecule has 2 aromatic carbocycles. The van der Waals surface area contributed by atoms with E-state index in [1.54, 1.807) is 7.11 Å². The van der Waals surface area contributed by atoms with E-state index in [1.807, 2.05) is 24.3 Å². The van der Waals surface area contributed by atoms with Crippen molar-refractivity contribution in [1.82, 2.24) is 0 Å². The first-order valence-corrected chi connectivity index (χ1v) is 7.90. The van der Waals surface area contributed by atoms with E-state index in [0.29, 0.717) is 5.96 Å². The number of halogens is 1. The third kappa shape index (κ3) is 4.20. The second-order valence-corrected chi connectivity index (χ2v) is 6.15. The molecule has 0 spiro atoms. The Balaban J connectivity index is 0.00000208. The lowest BCUT2D eigenvalue weighted by Crippen LogP contribution is -2.25. The molecule has 0 amide bonds. The van der Waals surface area contributed by atoms with Gasteiger partial charge in [-0.1, -0.05) is 30.3 Å². The predicted octanol–water partition coefficient (Wildman–Crippen LogP) is 4.08. The largest absolute Gasteiger partial charge is 0.497 e. The van der Waals surface area contributed by atoms with Gasteiger partial charge in [0.15, 0.2) is 5.96 Å². The van der Waals surface area contributed by atoms with Crippen molar-refractivity contribution in [3.05, 3.63) is 59.7 Å². The first kappa shape index (κ1) is 18.6. The molecule has 2 aromatic rings. The molecule has 1 saturated carbocycles. The zero-order valence-corrected chi connectivity index (χ0v) is 16.4. The van der Waals surface area contributed by atoms with Gasteiger partial charge in [-0.15, -0.1) is 24.0 Å². The van der Waals surface area contributed by atoms with Crippen LogP contribution in [0.3, 0.4) is 0 Å². The molecule has 128 valence electrons. The van der Waals surface area contributed by atoms with Gasteiger partial charge in [0, 0.05) is 17.2 Å². The number of benzene rings is 2. The number of anilines is 1. The molecule has 0 radical (unpaired) electrons. The molecule has 0 heterocycles. The molecule has 0 aromatic heterocycles. The summed E-state index contributed by atoms with van der Waals surface area (Å²) in [4.78, 5) is 4.57. The number of nitrogens with two attached hydrogens (primary N) is 1. The molecule has 4 nitrogen and oxygen atoms in total. The lowest BCUT2D eigenvalue weighted by atomic mass is 9.92. The molecule has 5 heteroatoms. The van der Waals surface area contributed by atoms with E-state index >= 15 is 0 Å². The molecule has 0 saturated heterocycles. The van der Waals surface area contributed by atoms with Crippen LogP contribution in [0.1, 0.15) is 24.0 Å². The van der Waals surface area contributed by atoms with Gasteiger partial charge in [-0.05, 0) is 43.0 Å². The average Bonchev–Trinajstić information content (AvgIpc) is 3.35. The zero-order valence-electron chi connectivity index (χ0n) is 14.1. The topological polar surface area (TPSA) is 59.6 Å². The standard InChI is InChI=1S/C19H23N3O.HI/c1-14-6-3-4-9-17(14)19(10-11-19)13-21-18(20)22-15-7-5-8-16(12-15)23-2;/h3-9,12H,10-11,13H2,1-2H3,(H3,20,21,22);1H. The van der Waals surface area contributed by atoms with Crippen LogP contribution in [0, 0.1) is 6.92 Å². The SMILES string of the molecule is COc1cccc(NC(N)=NCC2(c3ccccc3C)CC2)c1.I. The highest BCUT2D eigenvalue weighted by molar-refractivity contribution is 14.0. The number of guanidine groups is 1. The van der Waals surface area contributed by atoms with Crippen molar-refractivity contribution in [1.29, 1.82) is 0 Å². The third-order valence-corrected chi connectivity index (χ3v) is 4.46. The van der Waals surface area contributed by atoms with E-state index in [-0.39, 0.29) is 29.4 Å². The molecule has 0 atom stereocenters. The summed E-state index contributed by atoms with van der Waals surface area (Å²) in [7, 11) is 1.65. The van der Waals surface area contributed by atoms with E-state index in [4.69, 9.17) is 10.5 Å². The van der Waals surface area contributed by atoms with Gasteiger partial charge in [0.1, 0.15) is 5.75 Å². The molecule has 0 unspecified atom stereocenters. The van der Waals surface area contributed by atoms with Crippen molar-refractivity contribution in [3.63, 3.8) is 0 Å². The quantitative estimate of drug-likeness (QED) is 0.421. The van der Waals surface area contributed by atoms with E-state index in [9.17, 15) is 0 Å². The predicted molar refractivity (Wildman–Crippen MR) is 111 cm³/mol. The van der Waals surface area contributed by atoms with Crippen molar-refractivity contribution in [3.8, 4) is 5.75 Å². The fraction of sp³-hybridized carbons (Fsp3) is 0.316. The molecule has 3 rings (SSSR count). The summed E-state index contributed by atoms with van der Waals surface area (Å²) < 4.78 is 5.21. The fourth-order valence-electron chi connectivity index (χ4n) is 2.96. The monoisotopic (exact) mass is 437 g/mol. The van der Waals surface area contributed by atoms with Gasteiger partial charge in [-0.2, -0.15) is 0 Å². The Labute approximate surface area is 160 Å². The van der Waals surface area contributed by atoms with Crippen LogP contribution < -0.4 is 15.8 Å². The number of rotatable bonds is 5. The summed E-state index contributed by atoms with van der Waals surface area (Å²) in [5.74, 6) is 1.24. The Hall–Kier alpha value is -1.76. The van der Waals surface area contributed by atoms with Gasteiger partial charge in [0.2, 0.25) is 0 Å². The Morgan fingerprint density at radius 1 is 1.21 bits per heavy atom. The second kappa shape index (κ2) is 7.88. The molecule has 1 fully saturated rings. The minimum Gasteiger partial charge on any atom is -0.497 e. The molecule has 1 aliphatic carbocycles. The number of aryl methyl sites for hydroxylation is 1. The minimum absolute atomic E-state index is 0. The third-order valence-electron chi connectivity index (χ3n) is 4.46. The van der Waals surface area contributed by atoms with Crippen LogP contribution >= 0.6 is 24.0 Å². The average molecular weight is 437 g/mol. The summed E-state index contributed by atoms with van der Waals surface area (Å²) in [6, 6.07) is 16.2. The number of ether oxygens (including phenoxy) is 1.